The highest BCUT2D eigenvalue weighted by molar-refractivity contribution is 6.30. The Hall–Kier alpha value is -3.18. The molecule has 3 rings (SSSR count). The predicted octanol–water partition coefficient (Wildman–Crippen LogP) is 5.15. The molecule has 6 heteroatoms. The summed E-state index contributed by atoms with van der Waals surface area (Å²) < 4.78 is 13.4. The number of carbonyl (C=O) groups excluding carboxylic acids is 2. The van der Waals surface area contributed by atoms with Gasteiger partial charge in [-0.2, -0.15) is 0 Å². The second kappa shape index (κ2) is 11.4. The van der Waals surface area contributed by atoms with E-state index in [0.717, 1.165) is 16.7 Å². The molecule has 0 saturated heterocycles. The van der Waals surface area contributed by atoms with Crippen molar-refractivity contribution in [1.82, 2.24) is 10.2 Å². The van der Waals surface area contributed by atoms with Crippen LogP contribution in [-0.2, 0) is 29.1 Å². The summed E-state index contributed by atoms with van der Waals surface area (Å²) in [5.74, 6) is -0.728. The molecular formula is C26H26ClFN2O2. The Morgan fingerprint density at radius 1 is 0.906 bits per heavy atom. The molecule has 32 heavy (non-hydrogen) atoms. The van der Waals surface area contributed by atoms with E-state index in [1.807, 2.05) is 42.5 Å². The first kappa shape index (κ1) is 23.5. The fraction of sp³-hybridized carbons (Fsp3) is 0.231. The molecule has 4 nitrogen and oxygen atoms in total. The maximum atomic E-state index is 13.4. The van der Waals surface area contributed by atoms with Gasteiger partial charge < -0.3 is 10.2 Å². The van der Waals surface area contributed by atoms with Gasteiger partial charge in [-0.3, -0.25) is 9.59 Å². The smallest absolute Gasteiger partial charge is 0.243 e. The molecule has 1 atom stereocenters. The Balaban J connectivity index is 1.84. The van der Waals surface area contributed by atoms with Gasteiger partial charge in [-0.1, -0.05) is 73.1 Å². The number of rotatable bonds is 9. The van der Waals surface area contributed by atoms with E-state index in [9.17, 15) is 14.0 Å². The van der Waals surface area contributed by atoms with E-state index in [4.69, 9.17) is 11.6 Å². The zero-order valence-electron chi connectivity index (χ0n) is 17.9. The molecule has 0 spiro atoms. The summed E-state index contributed by atoms with van der Waals surface area (Å²) in [4.78, 5) is 27.8. The highest BCUT2D eigenvalue weighted by atomic mass is 35.5. The first-order valence-corrected chi connectivity index (χ1v) is 10.9. The average molecular weight is 453 g/mol. The average Bonchev–Trinajstić information content (AvgIpc) is 2.82. The van der Waals surface area contributed by atoms with Crippen LogP contribution in [0.3, 0.4) is 0 Å². The maximum absolute atomic E-state index is 13.4. The topological polar surface area (TPSA) is 49.4 Å². The van der Waals surface area contributed by atoms with Gasteiger partial charge in [0.05, 0.1) is 0 Å². The van der Waals surface area contributed by atoms with Gasteiger partial charge in [0.15, 0.2) is 0 Å². The third-order valence-corrected chi connectivity index (χ3v) is 5.47. The van der Waals surface area contributed by atoms with Crippen LogP contribution in [0.5, 0.6) is 0 Å². The number of nitrogens with zero attached hydrogens (tertiary/aromatic N) is 1. The molecule has 166 valence electrons. The summed E-state index contributed by atoms with van der Waals surface area (Å²) in [6.07, 6.45) is 0.636. The number of halogens is 2. The number of benzene rings is 3. The fourth-order valence-corrected chi connectivity index (χ4v) is 3.58. The van der Waals surface area contributed by atoms with E-state index in [0.29, 0.717) is 18.0 Å². The third kappa shape index (κ3) is 6.66. The minimum absolute atomic E-state index is 0.142. The monoisotopic (exact) mass is 452 g/mol. The number of carbonyl (C=O) groups is 2. The second-order valence-electron chi connectivity index (χ2n) is 7.55. The van der Waals surface area contributed by atoms with Crippen LogP contribution in [0, 0.1) is 5.82 Å². The highest BCUT2D eigenvalue weighted by Crippen LogP contribution is 2.17. The highest BCUT2D eigenvalue weighted by Gasteiger charge is 2.29. The van der Waals surface area contributed by atoms with Crippen molar-refractivity contribution >= 4 is 23.4 Å². The largest absolute Gasteiger partial charge is 0.350 e. The lowest BCUT2D eigenvalue weighted by molar-refractivity contribution is -0.141. The first-order valence-electron chi connectivity index (χ1n) is 10.6. The lowest BCUT2D eigenvalue weighted by Crippen LogP contribution is -2.50. The SMILES string of the molecule is CCC(=O)N(Cc1ccc(F)cc1)C(Cc1ccccc1)C(=O)NCc1ccc(Cl)cc1. The molecular weight excluding hydrogens is 427 g/mol. The van der Waals surface area contributed by atoms with E-state index in [2.05, 4.69) is 5.32 Å². The van der Waals surface area contributed by atoms with Crippen molar-refractivity contribution in [3.05, 3.63) is 106 Å². The van der Waals surface area contributed by atoms with E-state index in [-0.39, 0.29) is 30.6 Å². The van der Waals surface area contributed by atoms with Crippen molar-refractivity contribution in [1.29, 1.82) is 0 Å². The molecule has 0 saturated carbocycles. The fourth-order valence-electron chi connectivity index (χ4n) is 3.45. The summed E-state index contributed by atoms with van der Waals surface area (Å²) in [7, 11) is 0. The van der Waals surface area contributed by atoms with Gasteiger partial charge in [-0.05, 0) is 41.0 Å². The summed E-state index contributed by atoms with van der Waals surface area (Å²) in [6, 6.07) is 22.1. The van der Waals surface area contributed by atoms with Crippen molar-refractivity contribution in [2.45, 2.75) is 38.9 Å². The van der Waals surface area contributed by atoms with Gasteiger partial charge in [0, 0.05) is 31.0 Å². The second-order valence-corrected chi connectivity index (χ2v) is 7.99. The van der Waals surface area contributed by atoms with Gasteiger partial charge in [0.2, 0.25) is 11.8 Å². The van der Waals surface area contributed by atoms with Crippen LogP contribution in [0.4, 0.5) is 4.39 Å². The summed E-state index contributed by atoms with van der Waals surface area (Å²) in [5.41, 5.74) is 2.62. The van der Waals surface area contributed by atoms with Crippen LogP contribution in [0.25, 0.3) is 0 Å². The van der Waals surface area contributed by atoms with E-state index in [1.54, 1.807) is 36.1 Å². The zero-order chi connectivity index (χ0) is 22.9. The van der Waals surface area contributed by atoms with Gasteiger partial charge in [0.25, 0.3) is 0 Å². The first-order chi connectivity index (χ1) is 15.5. The van der Waals surface area contributed by atoms with Crippen LogP contribution in [0.2, 0.25) is 5.02 Å². The summed E-state index contributed by atoms with van der Waals surface area (Å²) >= 11 is 5.94. The van der Waals surface area contributed by atoms with E-state index >= 15 is 0 Å². The maximum Gasteiger partial charge on any atom is 0.243 e. The van der Waals surface area contributed by atoms with Crippen LogP contribution in [0.1, 0.15) is 30.0 Å². The lowest BCUT2D eigenvalue weighted by Gasteiger charge is -2.31. The van der Waals surface area contributed by atoms with Gasteiger partial charge in [-0.25, -0.2) is 4.39 Å². The quantitative estimate of drug-likeness (QED) is 0.488. The van der Waals surface area contributed by atoms with Gasteiger partial charge >= 0.3 is 0 Å². The molecule has 1 N–H and O–H groups in total. The molecule has 3 aromatic carbocycles. The van der Waals surface area contributed by atoms with Crippen LogP contribution < -0.4 is 5.32 Å². The molecule has 0 aliphatic carbocycles. The normalized spacial score (nSPS) is 11.6. The molecule has 2 amide bonds. The Morgan fingerprint density at radius 2 is 1.53 bits per heavy atom. The molecule has 3 aromatic rings. The Labute approximate surface area is 193 Å². The van der Waals surface area contributed by atoms with Crippen molar-refractivity contribution in [2.24, 2.45) is 0 Å². The number of hydrogen-bond acceptors (Lipinski definition) is 2. The molecule has 0 aliphatic heterocycles. The Bertz CT molecular complexity index is 1020. The minimum atomic E-state index is -0.706. The molecule has 0 heterocycles. The van der Waals surface area contributed by atoms with Crippen molar-refractivity contribution in [3.63, 3.8) is 0 Å². The molecule has 1 unspecified atom stereocenters. The van der Waals surface area contributed by atoms with Gasteiger partial charge in [0.1, 0.15) is 11.9 Å². The third-order valence-electron chi connectivity index (χ3n) is 5.22. The van der Waals surface area contributed by atoms with Crippen molar-refractivity contribution in [2.75, 3.05) is 0 Å². The predicted molar refractivity (Wildman–Crippen MR) is 124 cm³/mol. The molecule has 0 aliphatic rings. The van der Waals surface area contributed by atoms with Crippen LogP contribution in [-0.4, -0.2) is 22.8 Å². The van der Waals surface area contributed by atoms with E-state index < -0.39 is 6.04 Å². The summed E-state index contributed by atoms with van der Waals surface area (Å²) in [6.45, 7) is 2.32. The standard InChI is InChI=1S/C26H26ClFN2O2/c1-2-25(31)30(18-21-10-14-23(28)15-11-21)24(16-19-6-4-3-5-7-19)26(32)29-17-20-8-12-22(27)13-9-20/h3-15,24H,2,16-18H2,1H3,(H,29,32). The Morgan fingerprint density at radius 3 is 2.16 bits per heavy atom. The Kier molecular flexibility index (Phi) is 8.40. The number of amides is 2. The van der Waals surface area contributed by atoms with E-state index in [1.165, 1.54) is 12.1 Å². The molecule has 0 radical (unpaired) electrons. The number of nitrogens with one attached hydrogen (secondary N) is 1. The lowest BCUT2D eigenvalue weighted by atomic mass is 10.0. The van der Waals surface area contributed by atoms with Crippen molar-refractivity contribution < 1.29 is 14.0 Å². The molecule has 0 fully saturated rings. The molecule has 0 aromatic heterocycles. The number of hydrogen-bond donors (Lipinski definition) is 1. The zero-order valence-corrected chi connectivity index (χ0v) is 18.7. The van der Waals surface area contributed by atoms with Crippen LogP contribution >= 0.6 is 11.6 Å². The molecule has 0 bridgehead atoms. The minimum Gasteiger partial charge on any atom is -0.350 e. The van der Waals surface area contributed by atoms with Crippen molar-refractivity contribution in [3.8, 4) is 0 Å². The van der Waals surface area contributed by atoms with Gasteiger partial charge in [-0.15, -0.1) is 0 Å². The summed E-state index contributed by atoms with van der Waals surface area (Å²) in [5, 5.41) is 3.58. The van der Waals surface area contributed by atoms with Crippen LogP contribution in [0.15, 0.2) is 78.9 Å².